The van der Waals surface area contributed by atoms with Gasteiger partial charge in [0.25, 0.3) is 0 Å². The van der Waals surface area contributed by atoms with Crippen molar-refractivity contribution in [3.05, 3.63) is 0 Å². The van der Waals surface area contributed by atoms with Crippen LogP contribution < -0.4 is 5.32 Å². The Labute approximate surface area is 107 Å². The second-order valence-corrected chi connectivity index (χ2v) is 5.98. The van der Waals surface area contributed by atoms with Gasteiger partial charge < -0.3 is 10.4 Å². The highest BCUT2D eigenvalue weighted by Gasteiger charge is 2.23. The first-order chi connectivity index (χ1) is 8.11. The van der Waals surface area contributed by atoms with Crippen LogP contribution in [0, 0.1) is 0 Å². The summed E-state index contributed by atoms with van der Waals surface area (Å²) in [5.41, 5.74) is 0. The molecule has 1 saturated carbocycles. The van der Waals surface area contributed by atoms with Gasteiger partial charge in [0.15, 0.2) is 0 Å². The number of carboxylic acid groups (broad SMARTS) is 1. The van der Waals surface area contributed by atoms with Crippen LogP contribution in [-0.4, -0.2) is 34.0 Å². The van der Waals surface area contributed by atoms with Gasteiger partial charge in [0, 0.05) is 17.7 Å². The summed E-state index contributed by atoms with van der Waals surface area (Å²) in [7, 11) is 0. The number of carboxylic acids is 1. The fourth-order valence-electron chi connectivity index (χ4n) is 2.18. The van der Waals surface area contributed by atoms with Crippen LogP contribution in [0.1, 0.15) is 45.4 Å². The Hall–Kier alpha value is -0.710. The maximum atomic E-state index is 11.5. The molecule has 1 aliphatic carbocycles. The van der Waals surface area contributed by atoms with Crippen LogP contribution in [0.5, 0.6) is 0 Å². The van der Waals surface area contributed by atoms with E-state index >= 15 is 0 Å². The SMILES string of the molecule is CCSC1CCCC(NC(=O)CCC(=O)O)C1. The maximum absolute atomic E-state index is 11.5. The second kappa shape index (κ2) is 7.58. The van der Waals surface area contributed by atoms with Crippen molar-refractivity contribution in [3.63, 3.8) is 0 Å². The number of amides is 1. The molecule has 2 atom stereocenters. The molecule has 0 aromatic rings. The zero-order valence-corrected chi connectivity index (χ0v) is 11.1. The lowest BCUT2D eigenvalue weighted by atomic mass is 9.95. The van der Waals surface area contributed by atoms with Crippen molar-refractivity contribution in [3.8, 4) is 0 Å². The summed E-state index contributed by atoms with van der Waals surface area (Å²) in [6, 6.07) is 0.245. The van der Waals surface area contributed by atoms with E-state index in [2.05, 4.69) is 12.2 Å². The van der Waals surface area contributed by atoms with Crippen LogP contribution in [0.2, 0.25) is 0 Å². The molecule has 0 radical (unpaired) electrons. The van der Waals surface area contributed by atoms with E-state index < -0.39 is 5.97 Å². The van der Waals surface area contributed by atoms with Crippen LogP contribution in [0.15, 0.2) is 0 Å². The lowest BCUT2D eigenvalue weighted by Crippen LogP contribution is -2.39. The highest BCUT2D eigenvalue weighted by atomic mass is 32.2. The molecule has 0 saturated heterocycles. The quantitative estimate of drug-likeness (QED) is 0.766. The lowest BCUT2D eigenvalue weighted by molar-refractivity contribution is -0.139. The van der Waals surface area contributed by atoms with Crippen molar-refractivity contribution in [2.75, 3.05) is 5.75 Å². The fraction of sp³-hybridized carbons (Fsp3) is 0.833. The van der Waals surface area contributed by atoms with Gasteiger partial charge in [-0.15, -0.1) is 0 Å². The third-order valence-electron chi connectivity index (χ3n) is 2.96. The third-order valence-corrected chi connectivity index (χ3v) is 4.19. The minimum Gasteiger partial charge on any atom is -0.481 e. The molecule has 0 aromatic carbocycles. The Morgan fingerprint density at radius 1 is 1.35 bits per heavy atom. The van der Waals surface area contributed by atoms with Crippen molar-refractivity contribution in [2.24, 2.45) is 0 Å². The van der Waals surface area contributed by atoms with Gasteiger partial charge in [0.1, 0.15) is 0 Å². The van der Waals surface area contributed by atoms with Gasteiger partial charge >= 0.3 is 5.97 Å². The second-order valence-electron chi connectivity index (χ2n) is 4.40. The zero-order chi connectivity index (χ0) is 12.7. The summed E-state index contributed by atoms with van der Waals surface area (Å²) in [5, 5.41) is 12.1. The normalized spacial score (nSPS) is 24.3. The topological polar surface area (TPSA) is 66.4 Å². The van der Waals surface area contributed by atoms with Crippen LogP contribution in [-0.2, 0) is 9.59 Å². The molecule has 0 spiro atoms. The van der Waals surface area contributed by atoms with Crippen LogP contribution in [0.25, 0.3) is 0 Å². The minimum atomic E-state index is -0.914. The molecule has 0 aromatic heterocycles. The molecule has 2 N–H and O–H groups in total. The number of nitrogens with one attached hydrogen (secondary N) is 1. The molecule has 5 heteroatoms. The van der Waals surface area contributed by atoms with E-state index in [1.54, 1.807) is 0 Å². The molecule has 1 rings (SSSR count). The number of carbonyl (C=O) groups excluding carboxylic acids is 1. The van der Waals surface area contributed by atoms with Gasteiger partial charge in [-0.05, 0) is 25.0 Å². The Morgan fingerprint density at radius 3 is 2.76 bits per heavy atom. The van der Waals surface area contributed by atoms with Crippen molar-refractivity contribution in [1.29, 1.82) is 0 Å². The monoisotopic (exact) mass is 259 g/mol. The molecule has 2 unspecified atom stereocenters. The van der Waals surface area contributed by atoms with Crippen LogP contribution in [0.4, 0.5) is 0 Å². The van der Waals surface area contributed by atoms with Gasteiger partial charge in [-0.3, -0.25) is 9.59 Å². The Morgan fingerprint density at radius 2 is 2.12 bits per heavy atom. The largest absolute Gasteiger partial charge is 0.481 e. The predicted molar refractivity (Wildman–Crippen MR) is 69.2 cm³/mol. The van der Waals surface area contributed by atoms with Crippen molar-refractivity contribution < 1.29 is 14.7 Å². The first-order valence-corrected chi connectivity index (χ1v) is 7.29. The smallest absolute Gasteiger partial charge is 0.303 e. The average molecular weight is 259 g/mol. The Kier molecular flexibility index (Phi) is 6.40. The number of hydrogen-bond acceptors (Lipinski definition) is 3. The van der Waals surface area contributed by atoms with E-state index in [1.165, 1.54) is 6.42 Å². The summed E-state index contributed by atoms with van der Waals surface area (Å²) in [4.78, 5) is 21.8. The molecule has 4 nitrogen and oxygen atoms in total. The van der Waals surface area contributed by atoms with E-state index in [0.717, 1.165) is 25.0 Å². The van der Waals surface area contributed by atoms with Crippen molar-refractivity contribution >= 4 is 23.6 Å². The fourth-order valence-corrected chi connectivity index (χ4v) is 3.36. The van der Waals surface area contributed by atoms with Gasteiger partial charge in [-0.1, -0.05) is 13.3 Å². The molecule has 1 aliphatic rings. The number of aliphatic carboxylic acids is 1. The van der Waals surface area contributed by atoms with Crippen molar-refractivity contribution in [1.82, 2.24) is 5.32 Å². The molecule has 0 heterocycles. The van der Waals surface area contributed by atoms with E-state index in [9.17, 15) is 9.59 Å². The Bertz CT molecular complexity index is 268. The van der Waals surface area contributed by atoms with E-state index in [1.807, 2.05) is 11.8 Å². The van der Waals surface area contributed by atoms with Gasteiger partial charge in [0.05, 0.1) is 6.42 Å². The van der Waals surface area contributed by atoms with Crippen LogP contribution in [0.3, 0.4) is 0 Å². The highest BCUT2D eigenvalue weighted by Crippen LogP contribution is 2.28. The molecular weight excluding hydrogens is 238 g/mol. The number of hydrogen-bond donors (Lipinski definition) is 2. The van der Waals surface area contributed by atoms with Crippen molar-refractivity contribution in [2.45, 2.75) is 56.7 Å². The molecular formula is C12H21NO3S. The molecule has 0 bridgehead atoms. The number of thioether (sulfide) groups is 1. The summed E-state index contributed by atoms with van der Waals surface area (Å²) >= 11 is 1.96. The summed E-state index contributed by atoms with van der Waals surface area (Å²) in [5.74, 6) is 0.0763. The molecule has 17 heavy (non-hydrogen) atoms. The van der Waals surface area contributed by atoms with E-state index in [-0.39, 0.29) is 24.8 Å². The number of carbonyl (C=O) groups is 2. The van der Waals surface area contributed by atoms with E-state index in [0.29, 0.717) is 5.25 Å². The highest BCUT2D eigenvalue weighted by molar-refractivity contribution is 7.99. The summed E-state index contributed by atoms with van der Waals surface area (Å²) in [6.45, 7) is 2.15. The van der Waals surface area contributed by atoms with Gasteiger partial charge in [-0.25, -0.2) is 0 Å². The first kappa shape index (κ1) is 14.4. The third kappa shape index (κ3) is 5.96. The Balaban J connectivity index is 2.25. The molecule has 1 fully saturated rings. The van der Waals surface area contributed by atoms with Gasteiger partial charge in [0.2, 0.25) is 5.91 Å². The summed E-state index contributed by atoms with van der Waals surface area (Å²) < 4.78 is 0. The maximum Gasteiger partial charge on any atom is 0.303 e. The number of rotatable bonds is 6. The standard InChI is InChI=1S/C12H21NO3S/c1-2-17-10-5-3-4-9(8-10)13-11(14)6-7-12(15)16/h9-10H,2-8H2,1H3,(H,13,14)(H,15,16). The first-order valence-electron chi connectivity index (χ1n) is 6.24. The van der Waals surface area contributed by atoms with E-state index in [4.69, 9.17) is 5.11 Å². The zero-order valence-electron chi connectivity index (χ0n) is 10.3. The molecule has 0 aliphatic heterocycles. The van der Waals surface area contributed by atoms with Crippen LogP contribution >= 0.6 is 11.8 Å². The average Bonchev–Trinajstić information content (AvgIpc) is 2.27. The molecule has 1 amide bonds. The summed E-state index contributed by atoms with van der Waals surface area (Å²) in [6.07, 6.45) is 4.46. The lowest BCUT2D eigenvalue weighted by Gasteiger charge is -2.29. The predicted octanol–water partition coefficient (Wildman–Crippen LogP) is 2.03. The minimum absolute atomic E-state index is 0.0777. The van der Waals surface area contributed by atoms with Gasteiger partial charge in [-0.2, -0.15) is 11.8 Å². The molecule has 98 valence electrons.